The minimum atomic E-state index is -4.51. The summed E-state index contributed by atoms with van der Waals surface area (Å²) in [5, 5.41) is 0. The number of nitrogens with zero attached hydrogens (tertiary/aromatic N) is 2. The molecule has 3 nitrogen and oxygen atoms in total. The fourth-order valence-electron chi connectivity index (χ4n) is 1.19. The summed E-state index contributed by atoms with van der Waals surface area (Å²) in [5.74, 6) is -0.732. The van der Waals surface area contributed by atoms with Gasteiger partial charge in [-0.05, 0) is 18.8 Å². The summed E-state index contributed by atoms with van der Waals surface area (Å²) in [5.41, 5.74) is 6.02. The van der Waals surface area contributed by atoms with Gasteiger partial charge in [-0.2, -0.15) is 13.2 Å². The van der Waals surface area contributed by atoms with Crippen molar-refractivity contribution in [3.05, 3.63) is 17.7 Å². The Kier molecular flexibility index (Phi) is 3.72. The summed E-state index contributed by atoms with van der Waals surface area (Å²) in [7, 11) is 0. The molecule has 1 rings (SSSR count). The van der Waals surface area contributed by atoms with Crippen LogP contribution in [0.4, 0.5) is 18.9 Å². The number of nitrogens with two attached hydrogens (primary N) is 1. The first-order valence-electron chi connectivity index (χ1n) is 4.99. The van der Waals surface area contributed by atoms with E-state index in [0.29, 0.717) is 12.3 Å². The van der Waals surface area contributed by atoms with Gasteiger partial charge in [0.2, 0.25) is 5.82 Å². The molecule has 0 aliphatic rings. The monoisotopic (exact) mass is 233 g/mol. The van der Waals surface area contributed by atoms with Gasteiger partial charge in [0.25, 0.3) is 0 Å². The predicted octanol–water partition coefficient (Wildman–Crippen LogP) is 2.67. The number of rotatable bonds is 3. The fraction of sp³-hybridized carbons (Fsp3) is 0.600. The SMILES string of the molecule is CC(C)CCc1nc(C(F)(F)F)ncc1N. The average Bonchev–Trinajstić information content (AvgIpc) is 2.14. The third kappa shape index (κ3) is 3.36. The topological polar surface area (TPSA) is 51.8 Å². The van der Waals surface area contributed by atoms with Gasteiger partial charge >= 0.3 is 6.18 Å². The lowest BCUT2D eigenvalue weighted by Gasteiger charge is -2.10. The second-order valence-corrected chi connectivity index (χ2v) is 4.03. The number of alkyl halides is 3. The van der Waals surface area contributed by atoms with E-state index in [-0.39, 0.29) is 11.4 Å². The van der Waals surface area contributed by atoms with Crippen LogP contribution in [0.15, 0.2) is 6.20 Å². The molecule has 1 aromatic heterocycles. The van der Waals surface area contributed by atoms with E-state index in [1.54, 1.807) is 0 Å². The van der Waals surface area contributed by atoms with Gasteiger partial charge in [-0.25, -0.2) is 9.97 Å². The predicted molar refractivity (Wildman–Crippen MR) is 54.6 cm³/mol. The summed E-state index contributed by atoms with van der Waals surface area (Å²) in [6, 6.07) is 0. The number of nitrogen functional groups attached to an aromatic ring is 1. The van der Waals surface area contributed by atoms with Gasteiger partial charge in [0.15, 0.2) is 0 Å². The lowest BCUT2D eigenvalue weighted by atomic mass is 10.1. The molecule has 1 heterocycles. The maximum absolute atomic E-state index is 12.3. The standard InChI is InChI=1S/C10H14F3N3/c1-6(2)3-4-8-7(14)5-15-9(16-8)10(11,12)13/h5-6H,3-4,14H2,1-2H3. The van der Waals surface area contributed by atoms with Crippen LogP contribution in [-0.2, 0) is 12.6 Å². The molecule has 0 unspecified atom stereocenters. The van der Waals surface area contributed by atoms with Gasteiger partial charge < -0.3 is 5.73 Å². The zero-order chi connectivity index (χ0) is 12.3. The van der Waals surface area contributed by atoms with E-state index in [1.165, 1.54) is 0 Å². The highest BCUT2D eigenvalue weighted by Gasteiger charge is 2.34. The quantitative estimate of drug-likeness (QED) is 0.873. The Morgan fingerprint density at radius 3 is 2.50 bits per heavy atom. The maximum Gasteiger partial charge on any atom is 0.451 e. The first kappa shape index (κ1) is 12.7. The number of halogens is 3. The molecular weight excluding hydrogens is 219 g/mol. The van der Waals surface area contributed by atoms with Gasteiger partial charge in [0, 0.05) is 0 Å². The van der Waals surface area contributed by atoms with E-state index in [0.717, 1.165) is 12.6 Å². The van der Waals surface area contributed by atoms with Gasteiger partial charge in [-0.3, -0.25) is 0 Å². The van der Waals surface area contributed by atoms with Crippen molar-refractivity contribution < 1.29 is 13.2 Å². The first-order valence-corrected chi connectivity index (χ1v) is 4.99. The van der Waals surface area contributed by atoms with E-state index >= 15 is 0 Å². The van der Waals surface area contributed by atoms with E-state index in [9.17, 15) is 13.2 Å². The van der Waals surface area contributed by atoms with Crippen LogP contribution in [0.3, 0.4) is 0 Å². The highest BCUT2D eigenvalue weighted by Crippen LogP contribution is 2.27. The van der Waals surface area contributed by atoms with Crippen LogP contribution in [0.25, 0.3) is 0 Å². The van der Waals surface area contributed by atoms with Gasteiger partial charge in [0.1, 0.15) is 0 Å². The molecule has 90 valence electrons. The van der Waals surface area contributed by atoms with E-state index in [1.807, 2.05) is 13.8 Å². The molecule has 0 bridgehead atoms. The molecule has 0 radical (unpaired) electrons. The van der Waals surface area contributed by atoms with E-state index in [2.05, 4.69) is 9.97 Å². The third-order valence-electron chi connectivity index (χ3n) is 2.11. The molecule has 0 aromatic carbocycles. The number of hydrogen-bond acceptors (Lipinski definition) is 3. The van der Waals surface area contributed by atoms with Crippen molar-refractivity contribution in [3.63, 3.8) is 0 Å². The molecule has 0 saturated heterocycles. The van der Waals surface area contributed by atoms with Crippen LogP contribution in [-0.4, -0.2) is 9.97 Å². The van der Waals surface area contributed by atoms with E-state index < -0.39 is 12.0 Å². The fourth-order valence-corrected chi connectivity index (χ4v) is 1.19. The molecule has 0 atom stereocenters. The van der Waals surface area contributed by atoms with Crippen LogP contribution in [0.5, 0.6) is 0 Å². The lowest BCUT2D eigenvalue weighted by molar-refractivity contribution is -0.145. The molecular formula is C10H14F3N3. The summed E-state index contributed by atoms with van der Waals surface area (Å²) in [6.45, 7) is 3.98. The molecule has 2 N–H and O–H groups in total. The second-order valence-electron chi connectivity index (χ2n) is 4.03. The Labute approximate surface area is 91.9 Å². The molecule has 0 aliphatic heterocycles. The van der Waals surface area contributed by atoms with Crippen LogP contribution in [0.2, 0.25) is 0 Å². The lowest BCUT2D eigenvalue weighted by Crippen LogP contribution is -2.14. The molecule has 1 aromatic rings. The van der Waals surface area contributed by atoms with Gasteiger partial charge in [-0.1, -0.05) is 13.8 Å². The van der Waals surface area contributed by atoms with Crippen LogP contribution in [0.1, 0.15) is 31.8 Å². The molecule has 0 spiro atoms. The highest BCUT2D eigenvalue weighted by atomic mass is 19.4. The van der Waals surface area contributed by atoms with Crippen molar-refractivity contribution >= 4 is 5.69 Å². The number of hydrogen-bond donors (Lipinski definition) is 1. The number of aromatic nitrogens is 2. The van der Waals surface area contributed by atoms with Crippen molar-refractivity contribution in [2.45, 2.75) is 32.9 Å². The summed E-state index contributed by atoms with van der Waals surface area (Å²) < 4.78 is 37.0. The first-order chi connectivity index (χ1) is 7.30. The summed E-state index contributed by atoms with van der Waals surface area (Å²) in [4.78, 5) is 6.63. The normalized spacial score (nSPS) is 12.1. The maximum atomic E-state index is 12.3. The Morgan fingerprint density at radius 1 is 1.38 bits per heavy atom. The van der Waals surface area contributed by atoms with Crippen LogP contribution >= 0.6 is 0 Å². The zero-order valence-corrected chi connectivity index (χ0v) is 9.17. The van der Waals surface area contributed by atoms with Crippen molar-refractivity contribution in [1.29, 1.82) is 0 Å². The van der Waals surface area contributed by atoms with Crippen molar-refractivity contribution in [2.75, 3.05) is 5.73 Å². The van der Waals surface area contributed by atoms with Crippen LogP contribution < -0.4 is 5.73 Å². The van der Waals surface area contributed by atoms with Crippen LogP contribution in [0, 0.1) is 5.92 Å². The van der Waals surface area contributed by atoms with E-state index in [4.69, 9.17) is 5.73 Å². The number of aryl methyl sites for hydroxylation is 1. The Bertz CT molecular complexity index is 361. The Hall–Kier alpha value is -1.33. The molecule has 0 aliphatic carbocycles. The van der Waals surface area contributed by atoms with Crippen molar-refractivity contribution in [2.24, 2.45) is 5.92 Å². The van der Waals surface area contributed by atoms with Gasteiger partial charge in [-0.15, -0.1) is 0 Å². The molecule has 0 amide bonds. The Morgan fingerprint density at radius 2 is 2.00 bits per heavy atom. The minimum absolute atomic E-state index is 0.216. The molecule has 0 fully saturated rings. The molecule has 6 heteroatoms. The largest absolute Gasteiger partial charge is 0.451 e. The number of anilines is 1. The molecule has 16 heavy (non-hydrogen) atoms. The Balaban J connectivity index is 2.91. The van der Waals surface area contributed by atoms with Crippen molar-refractivity contribution in [1.82, 2.24) is 9.97 Å². The van der Waals surface area contributed by atoms with Crippen molar-refractivity contribution in [3.8, 4) is 0 Å². The second kappa shape index (κ2) is 4.67. The highest BCUT2D eigenvalue weighted by molar-refractivity contribution is 5.40. The third-order valence-corrected chi connectivity index (χ3v) is 2.11. The smallest absolute Gasteiger partial charge is 0.396 e. The molecule has 0 saturated carbocycles. The van der Waals surface area contributed by atoms with Gasteiger partial charge in [0.05, 0.1) is 17.6 Å². The summed E-state index contributed by atoms with van der Waals surface area (Å²) >= 11 is 0. The average molecular weight is 233 g/mol. The zero-order valence-electron chi connectivity index (χ0n) is 9.17. The summed E-state index contributed by atoms with van der Waals surface area (Å²) in [6.07, 6.45) is -2.31. The minimum Gasteiger partial charge on any atom is -0.396 e.